The summed E-state index contributed by atoms with van der Waals surface area (Å²) >= 11 is 0. The Kier molecular flexibility index (Phi) is 7.48. The number of alkyl halides is 2. The number of halogens is 2. The Morgan fingerprint density at radius 1 is 1.03 bits per heavy atom. The zero-order chi connectivity index (χ0) is 21.5. The van der Waals surface area contributed by atoms with Gasteiger partial charge in [0.2, 0.25) is 0 Å². The molecule has 1 aliphatic rings. The maximum Gasteiger partial charge on any atom is 0.334 e. The van der Waals surface area contributed by atoms with Crippen molar-refractivity contribution in [3.05, 3.63) is 59.7 Å². The van der Waals surface area contributed by atoms with Crippen LogP contribution in [0.1, 0.15) is 15.9 Å². The fourth-order valence-corrected chi connectivity index (χ4v) is 3.21. The first-order chi connectivity index (χ1) is 14.5. The Balaban J connectivity index is 1.63. The van der Waals surface area contributed by atoms with Crippen molar-refractivity contribution in [3.8, 4) is 11.1 Å². The normalized spacial score (nSPS) is 15.6. The minimum atomic E-state index is -3.06. The molecule has 1 unspecified atom stereocenters. The Morgan fingerprint density at radius 2 is 1.60 bits per heavy atom. The molecule has 1 heterocycles. The summed E-state index contributed by atoms with van der Waals surface area (Å²) < 4.78 is 35.6. The van der Waals surface area contributed by atoms with E-state index >= 15 is 0 Å². The van der Waals surface area contributed by atoms with Gasteiger partial charge in [-0.3, -0.25) is 9.69 Å². The lowest BCUT2D eigenvalue weighted by Crippen LogP contribution is -2.46. The number of amides is 1. The zero-order valence-electron chi connectivity index (χ0n) is 16.6. The third-order valence-corrected chi connectivity index (χ3v) is 4.94. The zero-order valence-corrected chi connectivity index (χ0v) is 16.6. The SMILES string of the molecule is COC(=O)C(NC(=O)c1ccc(-c2ccc(CN3CCOCC3)cc2)cc1)C(F)F. The quantitative estimate of drug-likeness (QED) is 0.701. The van der Waals surface area contributed by atoms with E-state index in [-0.39, 0.29) is 5.56 Å². The maximum atomic E-state index is 13.0. The number of carbonyl (C=O) groups is 2. The molecule has 1 amide bonds. The Labute approximate surface area is 173 Å². The molecule has 6 nitrogen and oxygen atoms in total. The minimum absolute atomic E-state index is 0.178. The number of esters is 1. The monoisotopic (exact) mass is 418 g/mol. The number of nitrogens with one attached hydrogen (secondary N) is 1. The molecule has 1 aliphatic heterocycles. The summed E-state index contributed by atoms with van der Waals surface area (Å²) in [5.74, 6) is -1.95. The molecule has 1 atom stereocenters. The average molecular weight is 418 g/mol. The third kappa shape index (κ3) is 5.61. The third-order valence-electron chi connectivity index (χ3n) is 4.94. The van der Waals surface area contributed by atoms with Gasteiger partial charge in [-0.1, -0.05) is 36.4 Å². The number of nitrogens with zero attached hydrogens (tertiary/aromatic N) is 1. The molecule has 1 saturated heterocycles. The van der Waals surface area contributed by atoms with E-state index < -0.39 is 24.3 Å². The molecule has 2 aromatic carbocycles. The summed E-state index contributed by atoms with van der Waals surface area (Å²) in [4.78, 5) is 25.9. The molecular formula is C22H24F2N2O4. The van der Waals surface area contributed by atoms with Crippen LogP contribution in [0.25, 0.3) is 11.1 Å². The van der Waals surface area contributed by atoms with Crippen LogP contribution in [0.5, 0.6) is 0 Å². The van der Waals surface area contributed by atoms with Crippen LogP contribution >= 0.6 is 0 Å². The first kappa shape index (κ1) is 21.9. The number of carbonyl (C=O) groups excluding carboxylic acids is 2. The van der Waals surface area contributed by atoms with Gasteiger partial charge in [0, 0.05) is 25.2 Å². The van der Waals surface area contributed by atoms with Gasteiger partial charge >= 0.3 is 5.97 Å². The predicted octanol–water partition coefficient (Wildman–Crippen LogP) is 2.72. The van der Waals surface area contributed by atoms with Gasteiger partial charge in [0.1, 0.15) is 0 Å². The van der Waals surface area contributed by atoms with Gasteiger partial charge < -0.3 is 14.8 Å². The van der Waals surface area contributed by atoms with Crippen molar-refractivity contribution < 1.29 is 27.8 Å². The van der Waals surface area contributed by atoms with Gasteiger partial charge in [-0.15, -0.1) is 0 Å². The summed E-state index contributed by atoms with van der Waals surface area (Å²) in [7, 11) is 0.991. The Bertz CT molecular complexity index is 850. The van der Waals surface area contributed by atoms with Crippen molar-refractivity contribution in [3.63, 3.8) is 0 Å². The Morgan fingerprint density at radius 3 is 2.13 bits per heavy atom. The molecule has 0 aromatic heterocycles. The van der Waals surface area contributed by atoms with E-state index in [1.54, 1.807) is 12.1 Å². The number of morpholine rings is 1. The molecule has 160 valence electrons. The second-order valence-corrected chi connectivity index (χ2v) is 6.97. The second kappa shape index (κ2) is 10.3. The summed E-state index contributed by atoms with van der Waals surface area (Å²) in [6, 6.07) is 12.7. The molecule has 0 saturated carbocycles. The molecule has 1 fully saturated rings. The highest BCUT2D eigenvalue weighted by atomic mass is 19.3. The molecule has 2 aromatic rings. The molecule has 0 spiro atoms. The Hall–Kier alpha value is -2.84. The van der Waals surface area contributed by atoms with E-state index in [2.05, 4.69) is 21.8 Å². The molecule has 30 heavy (non-hydrogen) atoms. The first-order valence-corrected chi connectivity index (χ1v) is 9.64. The summed E-state index contributed by atoms with van der Waals surface area (Å²) in [5, 5.41) is 2.01. The predicted molar refractivity (Wildman–Crippen MR) is 107 cm³/mol. The van der Waals surface area contributed by atoms with Crippen LogP contribution in [-0.4, -0.2) is 62.7 Å². The van der Waals surface area contributed by atoms with Crippen molar-refractivity contribution in [2.24, 2.45) is 0 Å². The lowest BCUT2D eigenvalue weighted by atomic mass is 10.0. The van der Waals surface area contributed by atoms with E-state index in [9.17, 15) is 18.4 Å². The standard InChI is InChI=1S/C22H24F2N2O4/c1-29-22(28)19(20(23)24)25-21(27)18-8-6-17(7-9-18)16-4-2-15(3-5-16)14-26-10-12-30-13-11-26/h2-9,19-20H,10-14H2,1H3,(H,25,27). The van der Waals surface area contributed by atoms with E-state index in [1.165, 1.54) is 17.7 Å². The number of rotatable bonds is 7. The molecule has 1 N–H and O–H groups in total. The van der Waals surface area contributed by atoms with Crippen LogP contribution in [0.3, 0.4) is 0 Å². The topological polar surface area (TPSA) is 67.9 Å². The van der Waals surface area contributed by atoms with Crippen molar-refractivity contribution in [2.45, 2.75) is 19.0 Å². The minimum Gasteiger partial charge on any atom is -0.467 e. The molecule has 0 aliphatic carbocycles. The van der Waals surface area contributed by atoms with Crippen LogP contribution < -0.4 is 5.32 Å². The largest absolute Gasteiger partial charge is 0.467 e. The van der Waals surface area contributed by atoms with E-state index in [0.29, 0.717) is 0 Å². The van der Waals surface area contributed by atoms with Crippen LogP contribution in [-0.2, 0) is 20.8 Å². The molecule has 3 rings (SSSR count). The highest BCUT2D eigenvalue weighted by Gasteiger charge is 2.31. The van der Waals surface area contributed by atoms with Crippen molar-refractivity contribution in [1.29, 1.82) is 0 Å². The van der Waals surface area contributed by atoms with Gasteiger partial charge in [-0.25, -0.2) is 13.6 Å². The smallest absolute Gasteiger partial charge is 0.334 e. The van der Waals surface area contributed by atoms with Gasteiger partial charge in [-0.2, -0.15) is 0 Å². The fourth-order valence-electron chi connectivity index (χ4n) is 3.21. The summed E-state index contributed by atoms with van der Waals surface area (Å²) in [6.07, 6.45) is -3.06. The highest BCUT2D eigenvalue weighted by molar-refractivity contribution is 5.97. The number of hydrogen-bond donors (Lipinski definition) is 1. The first-order valence-electron chi connectivity index (χ1n) is 9.64. The molecule has 0 bridgehead atoms. The van der Waals surface area contributed by atoms with Gasteiger partial charge in [0.25, 0.3) is 12.3 Å². The number of ether oxygens (including phenoxy) is 2. The van der Waals surface area contributed by atoms with Crippen LogP contribution in [0, 0.1) is 0 Å². The molecule has 0 radical (unpaired) electrons. The fraction of sp³-hybridized carbons (Fsp3) is 0.364. The lowest BCUT2D eigenvalue weighted by molar-refractivity contribution is -0.146. The highest BCUT2D eigenvalue weighted by Crippen LogP contribution is 2.21. The van der Waals surface area contributed by atoms with Crippen molar-refractivity contribution >= 4 is 11.9 Å². The summed E-state index contributed by atoms with van der Waals surface area (Å²) in [6.45, 7) is 4.24. The lowest BCUT2D eigenvalue weighted by Gasteiger charge is -2.26. The van der Waals surface area contributed by atoms with Crippen LogP contribution in [0.2, 0.25) is 0 Å². The van der Waals surface area contributed by atoms with E-state index in [0.717, 1.165) is 51.1 Å². The number of benzene rings is 2. The second-order valence-electron chi connectivity index (χ2n) is 6.97. The molecular weight excluding hydrogens is 394 g/mol. The van der Waals surface area contributed by atoms with Gasteiger partial charge in [-0.05, 0) is 28.8 Å². The average Bonchev–Trinajstić information content (AvgIpc) is 2.78. The molecule has 8 heteroatoms. The maximum absolute atomic E-state index is 13.0. The summed E-state index contributed by atoms with van der Waals surface area (Å²) in [5.41, 5.74) is 3.25. The van der Waals surface area contributed by atoms with Crippen molar-refractivity contribution in [2.75, 3.05) is 33.4 Å². The van der Waals surface area contributed by atoms with Crippen molar-refractivity contribution in [1.82, 2.24) is 10.2 Å². The van der Waals surface area contributed by atoms with E-state index in [4.69, 9.17) is 4.74 Å². The van der Waals surface area contributed by atoms with Gasteiger partial charge in [0.05, 0.1) is 20.3 Å². The van der Waals surface area contributed by atoms with E-state index in [1.807, 2.05) is 17.4 Å². The van der Waals surface area contributed by atoms with Gasteiger partial charge in [0.15, 0.2) is 6.04 Å². The number of hydrogen-bond acceptors (Lipinski definition) is 5. The number of methoxy groups -OCH3 is 1. The van der Waals surface area contributed by atoms with Crippen LogP contribution in [0.4, 0.5) is 8.78 Å². The van der Waals surface area contributed by atoms with Crippen LogP contribution in [0.15, 0.2) is 48.5 Å².